The number of rotatable bonds is 8. The van der Waals surface area contributed by atoms with Gasteiger partial charge in [0.05, 0.1) is 13.7 Å². The number of pyridine rings is 1. The van der Waals surface area contributed by atoms with Gasteiger partial charge in [0, 0.05) is 18.3 Å². The van der Waals surface area contributed by atoms with Gasteiger partial charge in [0.15, 0.2) is 0 Å². The van der Waals surface area contributed by atoms with Gasteiger partial charge in [0.2, 0.25) is 0 Å². The van der Waals surface area contributed by atoms with Crippen molar-refractivity contribution in [2.75, 3.05) is 7.11 Å². The van der Waals surface area contributed by atoms with Crippen molar-refractivity contribution in [1.82, 2.24) is 9.40 Å². The first-order valence-electron chi connectivity index (χ1n) is 9.19. The fourth-order valence-corrected chi connectivity index (χ4v) is 3.41. The number of methoxy groups -OCH3 is 1. The molecule has 2 aromatic carbocycles. The third-order valence-corrected chi connectivity index (χ3v) is 5.21. The fraction of sp³-hybridized carbons (Fsp3) is 0.227. The number of nitrogens with zero attached hydrogens (tertiary/aromatic N) is 1. The number of aromatic nitrogens is 1. The summed E-state index contributed by atoms with van der Waals surface area (Å²) in [6.07, 6.45) is 0. The normalized spacial score (nSPS) is 10.8. The van der Waals surface area contributed by atoms with Crippen molar-refractivity contribution in [3.8, 4) is 11.5 Å². The molecule has 1 aromatic heterocycles. The van der Waals surface area contributed by atoms with Crippen LogP contribution in [0.2, 0.25) is 5.02 Å². The molecular weight excluding hydrogens is 430 g/mol. The third-order valence-electron chi connectivity index (χ3n) is 4.72. The Hall–Kier alpha value is -2.54. The van der Waals surface area contributed by atoms with Crippen LogP contribution in [0, 0.1) is 12.7 Å². The number of hydrogen-bond donors (Lipinski definition) is 1. The van der Waals surface area contributed by atoms with Gasteiger partial charge in [0.25, 0.3) is 5.56 Å². The monoisotopic (exact) mass is 450 g/mol. The lowest BCUT2D eigenvalue weighted by atomic mass is 10.1. The molecule has 0 saturated carbocycles. The van der Waals surface area contributed by atoms with Crippen LogP contribution in [0.3, 0.4) is 0 Å². The molecule has 0 aliphatic rings. The summed E-state index contributed by atoms with van der Waals surface area (Å²) >= 11 is 11.9. The van der Waals surface area contributed by atoms with E-state index in [2.05, 4.69) is 4.84 Å². The summed E-state index contributed by atoms with van der Waals surface area (Å²) in [6, 6.07) is 13.5. The smallest absolute Gasteiger partial charge is 0.273 e. The van der Waals surface area contributed by atoms with Gasteiger partial charge < -0.3 is 14.0 Å². The Morgan fingerprint density at radius 2 is 1.83 bits per heavy atom. The first-order valence-corrected chi connectivity index (χ1v) is 9.95. The van der Waals surface area contributed by atoms with Crippen molar-refractivity contribution < 1.29 is 13.9 Å². The molecule has 5 nitrogen and oxygen atoms in total. The van der Waals surface area contributed by atoms with Gasteiger partial charge in [-0.2, -0.15) is 0 Å². The second kappa shape index (κ2) is 9.98. The zero-order chi connectivity index (χ0) is 21.7. The van der Waals surface area contributed by atoms with Crippen LogP contribution in [0.4, 0.5) is 4.39 Å². The quantitative estimate of drug-likeness (QED) is 0.499. The number of aryl methyl sites for hydroxylation is 1. The topological polar surface area (TPSA) is 52.5 Å². The molecule has 0 unspecified atom stereocenters. The Kier molecular flexibility index (Phi) is 7.37. The van der Waals surface area contributed by atoms with Crippen LogP contribution in [0.5, 0.6) is 11.5 Å². The molecule has 158 valence electrons. The van der Waals surface area contributed by atoms with E-state index < -0.39 is 0 Å². The van der Waals surface area contributed by atoms with Gasteiger partial charge in [-0.15, -0.1) is 0 Å². The lowest BCUT2D eigenvalue weighted by Gasteiger charge is -2.16. The first kappa shape index (κ1) is 22.2. The average molecular weight is 451 g/mol. The summed E-state index contributed by atoms with van der Waals surface area (Å²) in [5, 5.41) is -0.00626. The van der Waals surface area contributed by atoms with Crippen LogP contribution in [-0.4, -0.2) is 11.7 Å². The maximum Gasteiger partial charge on any atom is 0.273 e. The molecule has 3 rings (SSSR count). The Balaban J connectivity index is 1.81. The van der Waals surface area contributed by atoms with Crippen LogP contribution >= 0.6 is 23.4 Å². The van der Waals surface area contributed by atoms with Gasteiger partial charge >= 0.3 is 0 Å². The third kappa shape index (κ3) is 5.14. The zero-order valence-electron chi connectivity index (χ0n) is 16.5. The Morgan fingerprint density at radius 3 is 2.50 bits per heavy atom. The molecule has 1 heterocycles. The number of nitrogens with one attached hydrogen (secondary N) is 1. The standard InChI is InChI=1S/C22H21Cl2FN2O3/c1-14-9-20(30-13-16-5-6-18(25)10-17(16)11-26-24)21(23)22(28)27(14)12-15-3-7-19(29-2)8-4-15/h3-10,26H,11-13H2,1-2H3. The van der Waals surface area contributed by atoms with Crippen molar-refractivity contribution >= 4 is 23.4 Å². The number of halogens is 3. The van der Waals surface area contributed by atoms with Gasteiger partial charge in [0.1, 0.15) is 28.9 Å². The largest absolute Gasteiger partial charge is 0.497 e. The van der Waals surface area contributed by atoms with E-state index in [1.54, 1.807) is 23.8 Å². The van der Waals surface area contributed by atoms with E-state index in [-0.39, 0.29) is 35.3 Å². The highest BCUT2D eigenvalue weighted by Crippen LogP contribution is 2.24. The minimum Gasteiger partial charge on any atom is -0.497 e. The molecular formula is C22H21Cl2FN2O3. The first-order chi connectivity index (χ1) is 14.4. The molecule has 8 heteroatoms. The summed E-state index contributed by atoms with van der Waals surface area (Å²) in [5.41, 5.74) is 2.70. The molecule has 0 radical (unpaired) electrons. The van der Waals surface area contributed by atoms with E-state index in [0.29, 0.717) is 17.8 Å². The molecule has 30 heavy (non-hydrogen) atoms. The number of ether oxygens (including phenoxy) is 2. The molecule has 0 aliphatic heterocycles. The highest BCUT2D eigenvalue weighted by atomic mass is 35.5. The Labute approximate surface area is 184 Å². The molecule has 0 atom stereocenters. The lowest BCUT2D eigenvalue weighted by molar-refractivity contribution is 0.303. The fourth-order valence-electron chi connectivity index (χ4n) is 3.06. The van der Waals surface area contributed by atoms with Crippen LogP contribution in [-0.2, 0) is 19.7 Å². The summed E-state index contributed by atoms with van der Waals surface area (Å²) in [5.74, 6) is 0.657. The molecule has 0 saturated heterocycles. The van der Waals surface area contributed by atoms with Crippen LogP contribution < -0.4 is 19.9 Å². The van der Waals surface area contributed by atoms with Crippen LogP contribution in [0.1, 0.15) is 22.4 Å². The molecule has 0 spiro atoms. The predicted octanol–water partition coefficient (Wildman–Crippen LogP) is 4.83. The molecule has 1 N–H and O–H groups in total. The maximum atomic E-state index is 13.5. The van der Waals surface area contributed by atoms with Crippen LogP contribution in [0.25, 0.3) is 0 Å². The summed E-state index contributed by atoms with van der Waals surface area (Å²) in [7, 11) is 1.60. The molecule has 0 fully saturated rings. The van der Waals surface area contributed by atoms with E-state index in [4.69, 9.17) is 32.9 Å². The maximum absolute atomic E-state index is 13.5. The second-order valence-corrected chi connectivity index (χ2v) is 7.36. The average Bonchev–Trinajstić information content (AvgIpc) is 2.74. The van der Waals surface area contributed by atoms with E-state index in [1.807, 2.05) is 31.2 Å². The van der Waals surface area contributed by atoms with Crippen molar-refractivity contribution in [1.29, 1.82) is 0 Å². The zero-order valence-corrected chi connectivity index (χ0v) is 18.1. The van der Waals surface area contributed by atoms with E-state index >= 15 is 0 Å². The molecule has 0 amide bonds. The molecule has 3 aromatic rings. The Bertz CT molecular complexity index is 1080. The van der Waals surface area contributed by atoms with Gasteiger partial charge in [-0.05, 0) is 59.7 Å². The van der Waals surface area contributed by atoms with E-state index in [9.17, 15) is 9.18 Å². The molecule has 0 aliphatic carbocycles. The van der Waals surface area contributed by atoms with Gasteiger partial charge in [-0.3, -0.25) is 4.79 Å². The minimum atomic E-state index is -0.365. The van der Waals surface area contributed by atoms with Crippen molar-refractivity contribution in [3.05, 3.63) is 92.1 Å². The Morgan fingerprint density at radius 1 is 1.10 bits per heavy atom. The molecule has 0 bridgehead atoms. The van der Waals surface area contributed by atoms with Crippen molar-refractivity contribution in [2.45, 2.75) is 26.6 Å². The summed E-state index contributed by atoms with van der Waals surface area (Å²) in [4.78, 5) is 15.3. The van der Waals surface area contributed by atoms with Crippen molar-refractivity contribution in [2.24, 2.45) is 0 Å². The summed E-state index contributed by atoms with van der Waals surface area (Å²) in [6.45, 7) is 2.58. The van der Waals surface area contributed by atoms with Crippen molar-refractivity contribution in [3.63, 3.8) is 0 Å². The summed E-state index contributed by atoms with van der Waals surface area (Å²) < 4.78 is 26.0. The lowest BCUT2D eigenvalue weighted by Crippen LogP contribution is -2.24. The minimum absolute atomic E-state index is 0.00626. The van der Waals surface area contributed by atoms with E-state index in [1.165, 1.54) is 12.1 Å². The van der Waals surface area contributed by atoms with E-state index in [0.717, 1.165) is 16.9 Å². The highest BCUT2D eigenvalue weighted by molar-refractivity contribution is 6.31. The highest BCUT2D eigenvalue weighted by Gasteiger charge is 2.14. The SMILES string of the molecule is COc1ccc(Cn2c(C)cc(OCc3ccc(F)cc3CNCl)c(Cl)c2=O)cc1. The second-order valence-electron chi connectivity index (χ2n) is 6.72. The number of hydrogen-bond acceptors (Lipinski definition) is 4. The number of benzene rings is 2. The van der Waals surface area contributed by atoms with Gasteiger partial charge in [-0.25, -0.2) is 9.23 Å². The van der Waals surface area contributed by atoms with Crippen LogP contribution in [0.15, 0.2) is 53.3 Å². The predicted molar refractivity (Wildman–Crippen MR) is 116 cm³/mol. The van der Waals surface area contributed by atoms with Gasteiger partial charge in [-0.1, -0.05) is 29.8 Å².